The van der Waals surface area contributed by atoms with Gasteiger partial charge in [-0.3, -0.25) is 0 Å². The minimum absolute atomic E-state index is 0.0183. The van der Waals surface area contributed by atoms with Crippen molar-refractivity contribution >= 4 is 27.3 Å². The third kappa shape index (κ3) is 3.77. The molecule has 18 heavy (non-hydrogen) atoms. The van der Waals surface area contributed by atoms with Crippen LogP contribution in [0.3, 0.4) is 0 Å². The standard InChI is InChI=1S/C10H15NO5S2/c1-7-9(6-8(17-7)10(12)13)18(14,15)11-4-3-5-16-2/h6,11H,3-5H2,1-2H3,(H,12,13). The molecule has 1 aromatic rings. The Bertz CT molecular complexity index is 520. The molecule has 0 bridgehead atoms. The Balaban J connectivity index is 2.81. The van der Waals surface area contributed by atoms with Crippen LogP contribution in [0.15, 0.2) is 11.0 Å². The van der Waals surface area contributed by atoms with Crippen LogP contribution in [0.2, 0.25) is 0 Å². The summed E-state index contributed by atoms with van der Waals surface area (Å²) in [5.74, 6) is -1.12. The molecule has 102 valence electrons. The van der Waals surface area contributed by atoms with Gasteiger partial charge in [0, 0.05) is 25.1 Å². The van der Waals surface area contributed by atoms with Gasteiger partial charge in [0.1, 0.15) is 4.88 Å². The summed E-state index contributed by atoms with van der Waals surface area (Å²) < 4.78 is 31.0. The number of carbonyl (C=O) groups is 1. The summed E-state index contributed by atoms with van der Waals surface area (Å²) in [6, 6.07) is 1.18. The number of sulfonamides is 1. The molecule has 0 spiro atoms. The minimum Gasteiger partial charge on any atom is -0.477 e. The highest BCUT2D eigenvalue weighted by molar-refractivity contribution is 7.89. The Hall–Kier alpha value is -0.960. The number of nitrogens with one attached hydrogen (secondary N) is 1. The second kappa shape index (κ2) is 6.28. The van der Waals surface area contributed by atoms with Crippen molar-refractivity contribution in [2.24, 2.45) is 0 Å². The maximum absolute atomic E-state index is 11.9. The quantitative estimate of drug-likeness (QED) is 0.734. The monoisotopic (exact) mass is 293 g/mol. The molecule has 0 saturated carbocycles. The SMILES string of the molecule is COCCCNS(=O)(=O)c1cc(C(=O)O)sc1C. The van der Waals surface area contributed by atoms with E-state index in [1.807, 2.05) is 0 Å². The molecule has 0 amide bonds. The van der Waals surface area contributed by atoms with Gasteiger partial charge in [0.15, 0.2) is 0 Å². The molecule has 0 aliphatic heterocycles. The largest absolute Gasteiger partial charge is 0.477 e. The smallest absolute Gasteiger partial charge is 0.345 e. The van der Waals surface area contributed by atoms with Gasteiger partial charge in [0.2, 0.25) is 10.0 Å². The Labute approximate surface area is 110 Å². The van der Waals surface area contributed by atoms with E-state index in [2.05, 4.69) is 4.72 Å². The Kier molecular flexibility index (Phi) is 5.27. The van der Waals surface area contributed by atoms with Gasteiger partial charge in [-0.05, 0) is 19.4 Å². The topological polar surface area (TPSA) is 92.7 Å². The second-order valence-corrected chi connectivity index (χ2v) is 6.57. The van der Waals surface area contributed by atoms with Crippen molar-refractivity contribution in [2.45, 2.75) is 18.2 Å². The van der Waals surface area contributed by atoms with Crippen LogP contribution in [0.25, 0.3) is 0 Å². The first-order valence-electron chi connectivity index (χ1n) is 5.21. The van der Waals surface area contributed by atoms with E-state index < -0.39 is 16.0 Å². The second-order valence-electron chi connectivity index (χ2n) is 3.58. The molecule has 1 heterocycles. The average Bonchev–Trinajstić information content (AvgIpc) is 2.68. The average molecular weight is 293 g/mol. The number of rotatable bonds is 7. The van der Waals surface area contributed by atoms with Crippen LogP contribution in [0, 0.1) is 6.92 Å². The van der Waals surface area contributed by atoms with Gasteiger partial charge in [0.05, 0.1) is 4.90 Å². The number of methoxy groups -OCH3 is 1. The van der Waals surface area contributed by atoms with Crippen LogP contribution in [-0.4, -0.2) is 39.8 Å². The zero-order valence-corrected chi connectivity index (χ0v) is 11.7. The number of hydrogen-bond acceptors (Lipinski definition) is 5. The highest BCUT2D eigenvalue weighted by Gasteiger charge is 2.21. The molecular formula is C10H15NO5S2. The predicted molar refractivity (Wildman–Crippen MR) is 67.7 cm³/mol. The normalized spacial score (nSPS) is 11.7. The van der Waals surface area contributed by atoms with Gasteiger partial charge in [0.25, 0.3) is 0 Å². The van der Waals surface area contributed by atoms with E-state index in [1.165, 1.54) is 13.2 Å². The van der Waals surface area contributed by atoms with Crippen molar-refractivity contribution in [1.29, 1.82) is 0 Å². The van der Waals surface area contributed by atoms with Crippen molar-refractivity contribution in [2.75, 3.05) is 20.3 Å². The molecular weight excluding hydrogens is 278 g/mol. The van der Waals surface area contributed by atoms with E-state index in [9.17, 15) is 13.2 Å². The van der Waals surface area contributed by atoms with Crippen LogP contribution in [0.5, 0.6) is 0 Å². The molecule has 0 fully saturated rings. The summed E-state index contributed by atoms with van der Waals surface area (Å²) in [7, 11) is -2.10. The van der Waals surface area contributed by atoms with Crippen molar-refractivity contribution in [3.8, 4) is 0 Å². The molecule has 0 saturated heterocycles. The molecule has 0 atom stereocenters. The summed E-state index contributed by atoms with van der Waals surface area (Å²) >= 11 is 0.950. The van der Waals surface area contributed by atoms with Crippen molar-refractivity contribution in [3.05, 3.63) is 15.8 Å². The van der Waals surface area contributed by atoms with E-state index in [1.54, 1.807) is 6.92 Å². The first kappa shape index (κ1) is 15.1. The fourth-order valence-corrected chi connectivity index (χ4v) is 3.84. The number of carboxylic acid groups (broad SMARTS) is 1. The molecule has 0 unspecified atom stereocenters. The highest BCUT2D eigenvalue weighted by atomic mass is 32.2. The fourth-order valence-electron chi connectivity index (χ4n) is 1.34. The molecule has 0 aliphatic carbocycles. The molecule has 0 aromatic carbocycles. The number of hydrogen-bond donors (Lipinski definition) is 2. The first-order chi connectivity index (χ1) is 8.38. The van der Waals surface area contributed by atoms with Crippen LogP contribution < -0.4 is 4.72 Å². The van der Waals surface area contributed by atoms with E-state index in [-0.39, 0.29) is 16.3 Å². The lowest BCUT2D eigenvalue weighted by Crippen LogP contribution is -2.25. The van der Waals surface area contributed by atoms with E-state index in [0.717, 1.165) is 11.3 Å². The van der Waals surface area contributed by atoms with Gasteiger partial charge in [-0.25, -0.2) is 17.9 Å². The summed E-state index contributed by atoms with van der Waals surface area (Å²) in [6.45, 7) is 2.31. The van der Waals surface area contributed by atoms with Crippen LogP contribution in [0.4, 0.5) is 0 Å². The molecule has 2 N–H and O–H groups in total. The molecule has 1 rings (SSSR count). The zero-order valence-electron chi connectivity index (χ0n) is 10.1. The summed E-state index contributed by atoms with van der Waals surface area (Å²) in [6.07, 6.45) is 0.560. The number of carboxylic acids is 1. The summed E-state index contributed by atoms with van der Waals surface area (Å²) in [4.78, 5) is 11.3. The number of aromatic carboxylic acids is 1. The van der Waals surface area contributed by atoms with Gasteiger partial charge < -0.3 is 9.84 Å². The maximum Gasteiger partial charge on any atom is 0.345 e. The Morgan fingerprint density at radius 2 is 2.22 bits per heavy atom. The third-order valence-corrected chi connectivity index (χ3v) is 4.94. The maximum atomic E-state index is 11.9. The first-order valence-corrected chi connectivity index (χ1v) is 7.51. The molecule has 8 heteroatoms. The fraction of sp³-hybridized carbons (Fsp3) is 0.500. The van der Waals surface area contributed by atoms with Crippen LogP contribution >= 0.6 is 11.3 Å². The lowest BCUT2D eigenvalue weighted by Gasteiger charge is -2.05. The predicted octanol–water partition coefficient (Wildman–Crippen LogP) is 1.07. The lowest BCUT2D eigenvalue weighted by molar-refractivity contribution is 0.0702. The van der Waals surface area contributed by atoms with E-state index >= 15 is 0 Å². The number of thiophene rings is 1. The third-order valence-electron chi connectivity index (χ3n) is 2.19. The van der Waals surface area contributed by atoms with Crippen LogP contribution in [-0.2, 0) is 14.8 Å². The highest BCUT2D eigenvalue weighted by Crippen LogP contribution is 2.25. The van der Waals surface area contributed by atoms with E-state index in [4.69, 9.17) is 9.84 Å². The van der Waals surface area contributed by atoms with Gasteiger partial charge in [-0.1, -0.05) is 0 Å². The zero-order chi connectivity index (χ0) is 13.8. The van der Waals surface area contributed by atoms with Gasteiger partial charge >= 0.3 is 5.97 Å². The molecule has 0 radical (unpaired) electrons. The van der Waals surface area contributed by atoms with Crippen molar-refractivity contribution in [3.63, 3.8) is 0 Å². The van der Waals surface area contributed by atoms with Crippen molar-refractivity contribution < 1.29 is 23.1 Å². The van der Waals surface area contributed by atoms with E-state index in [0.29, 0.717) is 17.9 Å². The Morgan fingerprint density at radius 3 is 2.72 bits per heavy atom. The number of ether oxygens (including phenoxy) is 1. The van der Waals surface area contributed by atoms with Crippen LogP contribution in [0.1, 0.15) is 21.0 Å². The summed E-state index contributed by atoms with van der Waals surface area (Å²) in [5.41, 5.74) is 0. The number of aryl methyl sites for hydroxylation is 1. The van der Waals surface area contributed by atoms with Gasteiger partial charge in [-0.2, -0.15) is 0 Å². The summed E-state index contributed by atoms with van der Waals surface area (Å²) in [5, 5.41) is 8.81. The van der Waals surface area contributed by atoms with Crippen molar-refractivity contribution in [1.82, 2.24) is 4.72 Å². The van der Waals surface area contributed by atoms with Gasteiger partial charge in [-0.15, -0.1) is 11.3 Å². The lowest BCUT2D eigenvalue weighted by atomic mass is 10.4. The minimum atomic E-state index is -3.64. The Morgan fingerprint density at radius 1 is 1.56 bits per heavy atom. The molecule has 1 aromatic heterocycles. The molecule has 0 aliphatic rings. The molecule has 6 nitrogen and oxygen atoms in total.